The van der Waals surface area contributed by atoms with E-state index in [1.165, 1.54) is 6.20 Å². The highest BCUT2D eigenvalue weighted by Crippen LogP contribution is 2.40. The molecule has 0 bridgehead atoms. The lowest BCUT2D eigenvalue weighted by Crippen LogP contribution is -2.40. The first kappa shape index (κ1) is 14.6. The predicted octanol–water partition coefficient (Wildman–Crippen LogP) is 0.326. The van der Waals surface area contributed by atoms with Crippen molar-refractivity contribution in [2.24, 2.45) is 11.3 Å². The van der Waals surface area contributed by atoms with E-state index < -0.39 is 17.2 Å². The molecule has 0 radical (unpaired) electrons. The van der Waals surface area contributed by atoms with E-state index in [-0.39, 0.29) is 5.92 Å². The van der Waals surface area contributed by atoms with Crippen LogP contribution in [0.4, 0.5) is 16.2 Å². The second-order valence-electron chi connectivity index (χ2n) is 6.71. The number of hydrogen-bond acceptors (Lipinski definition) is 6. The summed E-state index contributed by atoms with van der Waals surface area (Å²) in [6.45, 7) is 3.71. The number of aromatic nitrogens is 2. The van der Waals surface area contributed by atoms with Gasteiger partial charge in [-0.15, -0.1) is 0 Å². The SMILES string of the molecule is O=C(O)[C@@]12CNC[C@@H]1CN(c1ncc(F)c(N3CCCC3)n1)C2. The Morgan fingerprint density at radius 3 is 2.87 bits per heavy atom. The number of nitrogens with zero attached hydrogens (tertiary/aromatic N) is 4. The van der Waals surface area contributed by atoms with E-state index in [1.54, 1.807) is 0 Å². The van der Waals surface area contributed by atoms with E-state index in [0.29, 0.717) is 37.9 Å². The predicted molar refractivity (Wildman–Crippen MR) is 82.1 cm³/mol. The Morgan fingerprint density at radius 1 is 1.39 bits per heavy atom. The zero-order valence-electron chi connectivity index (χ0n) is 12.8. The van der Waals surface area contributed by atoms with Crippen LogP contribution >= 0.6 is 0 Å². The summed E-state index contributed by atoms with van der Waals surface area (Å²) in [5.74, 6) is -0.388. The van der Waals surface area contributed by atoms with E-state index in [9.17, 15) is 14.3 Å². The standard InChI is InChI=1S/C15H20FN5O2/c16-11-6-18-14(19-12(11)20-3-1-2-4-20)21-7-10-5-17-8-15(10,9-21)13(22)23/h6,10,17H,1-5,7-9H2,(H,22,23)/t10-,15-/m1/s1. The van der Waals surface area contributed by atoms with Crippen LogP contribution in [-0.2, 0) is 4.79 Å². The van der Waals surface area contributed by atoms with Crippen LogP contribution in [0.5, 0.6) is 0 Å². The summed E-state index contributed by atoms with van der Waals surface area (Å²) in [7, 11) is 0. The minimum atomic E-state index is -0.786. The van der Waals surface area contributed by atoms with Crippen molar-refractivity contribution < 1.29 is 14.3 Å². The zero-order valence-corrected chi connectivity index (χ0v) is 12.8. The summed E-state index contributed by atoms with van der Waals surface area (Å²) in [5, 5.41) is 12.8. The Balaban J connectivity index is 1.62. The topological polar surface area (TPSA) is 81.6 Å². The molecule has 0 aromatic carbocycles. The number of carboxylic acids is 1. The summed E-state index contributed by atoms with van der Waals surface area (Å²) in [6.07, 6.45) is 3.28. The number of nitrogens with one attached hydrogen (secondary N) is 1. The molecular formula is C15H20FN5O2. The lowest BCUT2D eigenvalue weighted by atomic mass is 9.81. The van der Waals surface area contributed by atoms with Gasteiger partial charge in [0.1, 0.15) is 5.41 Å². The summed E-state index contributed by atoms with van der Waals surface area (Å²) in [4.78, 5) is 24.1. The fourth-order valence-electron chi connectivity index (χ4n) is 4.03. The molecule has 0 amide bonds. The molecule has 2 atom stereocenters. The first-order valence-corrected chi connectivity index (χ1v) is 8.07. The molecule has 124 valence electrons. The van der Waals surface area contributed by atoms with Crippen LogP contribution in [0.25, 0.3) is 0 Å². The Hall–Kier alpha value is -1.96. The van der Waals surface area contributed by atoms with Gasteiger partial charge in [-0.1, -0.05) is 0 Å². The zero-order chi connectivity index (χ0) is 16.0. The van der Waals surface area contributed by atoms with Gasteiger partial charge in [-0.3, -0.25) is 4.79 Å². The number of halogens is 1. The van der Waals surface area contributed by atoms with Crippen molar-refractivity contribution in [1.82, 2.24) is 15.3 Å². The van der Waals surface area contributed by atoms with Crippen molar-refractivity contribution in [2.75, 3.05) is 49.1 Å². The van der Waals surface area contributed by atoms with Gasteiger partial charge in [-0.25, -0.2) is 9.37 Å². The van der Waals surface area contributed by atoms with E-state index >= 15 is 0 Å². The average Bonchev–Trinajstić information content (AvgIpc) is 3.23. The van der Waals surface area contributed by atoms with Crippen LogP contribution in [0.2, 0.25) is 0 Å². The number of aliphatic carboxylic acids is 1. The van der Waals surface area contributed by atoms with Gasteiger partial charge < -0.3 is 20.2 Å². The molecule has 0 spiro atoms. The molecule has 3 aliphatic heterocycles. The monoisotopic (exact) mass is 321 g/mol. The molecule has 4 heterocycles. The third-order valence-electron chi connectivity index (χ3n) is 5.35. The van der Waals surface area contributed by atoms with Gasteiger partial charge in [0.15, 0.2) is 11.6 Å². The van der Waals surface area contributed by atoms with Crippen molar-refractivity contribution in [1.29, 1.82) is 0 Å². The second kappa shape index (κ2) is 5.30. The third kappa shape index (κ3) is 2.23. The van der Waals surface area contributed by atoms with Gasteiger partial charge in [0, 0.05) is 45.2 Å². The molecule has 3 saturated heterocycles. The molecule has 4 rings (SSSR count). The van der Waals surface area contributed by atoms with Crippen LogP contribution < -0.4 is 15.1 Å². The quantitative estimate of drug-likeness (QED) is 0.830. The first-order valence-electron chi connectivity index (χ1n) is 8.07. The molecule has 7 nitrogen and oxygen atoms in total. The first-order chi connectivity index (χ1) is 11.1. The molecule has 1 aromatic heterocycles. The highest BCUT2D eigenvalue weighted by molar-refractivity contribution is 5.78. The molecule has 8 heteroatoms. The van der Waals surface area contributed by atoms with Gasteiger partial charge in [0.2, 0.25) is 5.95 Å². The van der Waals surface area contributed by atoms with Gasteiger partial charge in [0.25, 0.3) is 0 Å². The van der Waals surface area contributed by atoms with E-state index in [0.717, 1.165) is 25.9 Å². The number of carbonyl (C=O) groups is 1. The van der Waals surface area contributed by atoms with Crippen LogP contribution in [0.15, 0.2) is 6.20 Å². The van der Waals surface area contributed by atoms with E-state index in [1.807, 2.05) is 9.80 Å². The number of fused-ring (bicyclic) bond motifs is 1. The van der Waals surface area contributed by atoms with Crippen LogP contribution in [-0.4, -0.2) is 60.3 Å². The fourth-order valence-corrected chi connectivity index (χ4v) is 4.03. The second-order valence-corrected chi connectivity index (χ2v) is 6.71. The summed E-state index contributed by atoms with van der Waals surface area (Å²) in [5.41, 5.74) is -0.786. The number of anilines is 2. The Labute approximate surface area is 133 Å². The van der Waals surface area contributed by atoms with Crippen molar-refractivity contribution in [2.45, 2.75) is 12.8 Å². The number of hydrogen-bond donors (Lipinski definition) is 2. The Kier molecular flexibility index (Phi) is 3.37. The molecule has 0 aliphatic carbocycles. The summed E-state index contributed by atoms with van der Waals surface area (Å²) in [6, 6.07) is 0. The molecule has 1 aromatic rings. The lowest BCUT2D eigenvalue weighted by Gasteiger charge is -2.23. The molecule has 0 saturated carbocycles. The average molecular weight is 321 g/mol. The van der Waals surface area contributed by atoms with Crippen LogP contribution in [0, 0.1) is 17.2 Å². The Morgan fingerprint density at radius 2 is 2.17 bits per heavy atom. The molecule has 23 heavy (non-hydrogen) atoms. The molecule has 0 unspecified atom stereocenters. The van der Waals surface area contributed by atoms with E-state index in [2.05, 4.69) is 15.3 Å². The van der Waals surface area contributed by atoms with Crippen LogP contribution in [0.3, 0.4) is 0 Å². The van der Waals surface area contributed by atoms with Crippen molar-refractivity contribution >= 4 is 17.7 Å². The fraction of sp³-hybridized carbons (Fsp3) is 0.667. The Bertz CT molecular complexity index is 636. The largest absolute Gasteiger partial charge is 0.481 e. The summed E-state index contributed by atoms with van der Waals surface area (Å²) < 4.78 is 14.1. The number of carboxylic acid groups (broad SMARTS) is 1. The number of rotatable bonds is 3. The molecular weight excluding hydrogens is 301 g/mol. The molecule has 3 fully saturated rings. The smallest absolute Gasteiger partial charge is 0.313 e. The van der Waals surface area contributed by atoms with Gasteiger partial charge in [-0.2, -0.15) is 4.98 Å². The van der Waals surface area contributed by atoms with Crippen molar-refractivity contribution in [3.05, 3.63) is 12.0 Å². The minimum Gasteiger partial charge on any atom is -0.481 e. The minimum absolute atomic E-state index is 0.0314. The highest BCUT2D eigenvalue weighted by Gasteiger charge is 2.55. The maximum Gasteiger partial charge on any atom is 0.313 e. The van der Waals surface area contributed by atoms with Crippen molar-refractivity contribution in [3.8, 4) is 0 Å². The van der Waals surface area contributed by atoms with E-state index in [4.69, 9.17) is 0 Å². The molecule has 3 aliphatic rings. The van der Waals surface area contributed by atoms with Crippen molar-refractivity contribution in [3.63, 3.8) is 0 Å². The van der Waals surface area contributed by atoms with Gasteiger partial charge in [-0.05, 0) is 12.8 Å². The normalized spacial score (nSPS) is 30.0. The maximum atomic E-state index is 14.1. The van der Waals surface area contributed by atoms with Crippen LogP contribution in [0.1, 0.15) is 12.8 Å². The van der Waals surface area contributed by atoms with Gasteiger partial charge >= 0.3 is 5.97 Å². The molecule has 2 N–H and O–H groups in total. The van der Waals surface area contributed by atoms with Gasteiger partial charge in [0.05, 0.1) is 6.20 Å². The maximum absolute atomic E-state index is 14.1. The highest BCUT2D eigenvalue weighted by atomic mass is 19.1. The lowest BCUT2D eigenvalue weighted by molar-refractivity contribution is -0.148. The summed E-state index contributed by atoms with van der Waals surface area (Å²) >= 11 is 0. The third-order valence-corrected chi connectivity index (χ3v) is 5.35.